The summed E-state index contributed by atoms with van der Waals surface area (Å²) in [6.45, 7) is 0.929. The number of hydrogen-bond acceptors (Lipinski definition) is 3. The van der Waals surface area contributed by atoms with Gasteiger partial charge in [-0.1, -0.05) is 36.4 Å². The molecule has 26 heavy (non-hydrogen) atoms. The maximum absolute atomic E-state index is 12.7. The van der Waals surface area contributed by atoms with Crippen molar-refractivity contribution in [1.29, 1.82) is 5.26 Å². The van der Waals surface area contributed by atoms with Crippen LogP contribution in [0.15, 0.2) is 77.4 Å². The summed E-state index contributed by atoms with van der Waals surface area (Å²) in [7, 11) is 0. The standard InChI is InChI=1S/C21H19N3O2/c22-15-18-8-4-9-19(14-18)23-21(25)24(16-20-10-5-13-26-20)12-11-17-6-2-1-3-7-17/h1-10,13-14H,11-12,16H2,(H,23,25). The highest BCUT2D eigenvalue weighted by atomic mass is 16.3. The molecule has 5 heteroatoms. The number of anilines is 1. The van der Waals surface area contributed by atoms with Crippen LogP contribution in [-0.4, -0.2) is 17.5 Å². The fourth-order valence-electron chi connectivity index (χ4n) is 2.62. The molecule has 0 radical (unpaired) electrons. The summed E-state index contributed by atoms with van der Waals surface area (Å²) in [5.74, 6) is 0.721. The Labute approximate surface area is 152 Å². The van der Waals surface area contributed by atoms with E-state index in [0.29, 0.717) is 24.3 Å². The van der Waals surface area contributed by atoms with Crippen molar-refractivity contribution in [2.45, 2.75) is 13.0 Å². The van der Waals surface area contributed by atoms with E-state index in [1.165, 1.54) is 0 Å². The van der Waals surface area contributed by atoms with Crippen LogP contribution in [0.2, 0.25) is 0 Å². The Kier molecular flexibility index (Phi) is 5.69. The SMILES string of the molecule is N#Cc1cccc(NC(=O)N(CCc2ccccc2)Cc2ccco2)c1. The van der Waals surface area contributed by atoms with Gasteiger partial charge in [-0.05, 0) is 42.3 Å². The second kappa shape index (κ2) is 8.54. The molecule has 5 nitrogen and oxygen atoms in total. The molecule has 2 aromatic carbocycles. The van der Waals surface area contributed by atoms with E-state index in [-0.39, 0.29) is 6.03 Å². The van der Waals surface area contributed by atoms with Gasteiger partial charge in [-0.3, -0.25) is 0 Å². The van der Waals surface area contributed by atoms with E-state index in [4.69, 9.17) is 9.68 Å². The van der Waals surface area contributed by atoms with Gasteiger partial charge in [0.05, 0.1) is 24.4 Å². The predicted octanol–water partition coefficient (Wildman–Crippen LogP) is 4.43. The van der Waals surface area contributed by atoms with E-state index in [1.807, 2.05) is 36.4 Å². The zero-order chi connectivity index (χ0) is 18.2. The highest BCUT2D eigenvalue weighted by molar-refractivity contribution is 5.89. The lowest BCUT2D eigenvalue weighted by atomic mass is 10.1. The third-order valence-corrected chi connectivity index (χ3v) is 3.97. The number of urea groups is 1. The molecule has 0 unspecified atom stereocenters. The first-order chi connectivity index (χ1) is 12.7. The van der Waals surface area contributed by atoms with Crippen LogP contribution in [0.5, 0.6) is 0 Å². The molecule has 0 aliphatic heterocycles. The number of carbonyl (C=O) groups is 1. The van der Waals surface area contributed by atoms with Gasteiger partial charge in [0, 0.05) is 12.2 Å². The molecule has 0 spiro atoms. The molecule has 1 aromatic heterocycles. The fourth-order valence-corrected chi connectivity index (χ4v) is 2.62. The van der Waals surface area contributed by atoms with E-state index in [9.17, 15) is 4.79 Å². The minimum Gasteiger partial charge on any atom is -0.467 e. The van der Waals surface area contributed by atoms with Crippen molar-refractivity contribution in [1.82, 2.24) is 4.90 Å². The first-order valence-electron chi connectivity index (χ1n) is 8.37. The maximum Gasteiger partial charge on any atom is 0.322 e. The topological polar surface area (TPSA) is 69.3 Å². The summed E-state index contributed by atoms with van der Waals surface area (Å²) in [5, 5.41) is 11.9. The highest BCUT2D eigenvalue weighted by Gasteiger charge is 2.16. The van der Waals surface area contributed by atoms with Crippen LogP contribution in [0.25, 0.3) is 0 Å². The first kappa shape index (κ1) is 17.3. The monoisotopic (exact) mass is 345 g/mol. The van der Waals surface area contributed by atoms with Gasteiger partial charge in [-0.2, -0.15) is 5.26 Å². The van der Waals surface area contributed by atoms with Gasteiger partial charge >= 0.3 is 6.03 Å². The largest absolute Gasteiger partial charge is 0.467 e. The molecule has 0 aliphatic rings. The van der Waals surface area contributed by atoms with E-state index in [0.717, 1.165) is 17.7 Å². The Hall–Kier alpha value is -3.52. The third-order valence-electron chi connectivity index (χ3n) is 3.97. The van der Waals surface area contributed by atoms with Crippen molar-refractivity contribution in [2.24, 2.45) is 0 Å². The van der Waals surface area contributed by atoms with Crippen LogP contribution >= 0.6 is 0 Å². The van der Waals surface area contributed by atoms with Gasteiger partial charge < -0.3 is 14.6 Å². The Bertz CT molecular complexity index is 883. The highest BCUT2D eigenvalue weighted by Crippen LogP contribution is 2.13. The van der Waals surface area contributed by atoms with Crippen molar-refractivity contribution >= 4 is 11.7 Å². The van der Waals surface area contributed by atoms with Gasteiger partial charge in [0.1, 0.15) is 5.76 Å². The van der Waals surface area contributed by atoms with Crippen LogP contribution in [-0.2, 0) is 13.0 Å². The Morgan fingerprint density at radius 3 is 2.65 bits per heavy atom. The van der Waals surface area contributed by atoms with Gasteiger partial charge in [0.15, 0.2) is 0 Å². The number of rotatable bonds is 6. The smallest absolute Gasteiger partial charge is 0.322 e. The number of furan rings is 1. The molecule has 130 valence electrons. The predicted molar refractivity (Wildman–Crippen MR) is 99.4 cm³/mol. The average Bonchev–Trinajstić information content (AvgIpc) is 3.19. The summed E-state index contributed by atoms with van der Waals surface area (Å²) in [4.78, 5) is 14.4. The van der Waals surface area contributed by atoms with Crippen molar-refractivity contribution in [3.8, 4) is 6.07 Å². The quantitative estimate of drug-likeness (QED) is 0.718. The summed E-state index contributed by atoms with van der Waals surface area (Å²) in [6.07, 6.45) is 2.34. The molecule has 0 bridgehead atoms. The molecule has 2 amide bonds. The number of nitrogens with one attached hydrogen (secondary N) is 1. The number of nitriles is 1. The first-order valence-corrected chi connectivity index (χ1v) is 8.37. The van der Waals surface area contributed by atoms with Crippen molar-refractivity contribution in [3.05, 3.63) is 89.9 Å². The van der Waals surface area contributed by atoms with Gasteiger partial charge in [-0.15, -0.1) is 0 Å². The van der Waals surface area contributed by atoms with Crippen LogP contribution < -0.4 is 5.32 Å². The minimum atomic E-state index is -0.229. The molecule has 3 rings (SSSR count). The normalized spacial score (nSPS) is 10.1. The second-order valence-electron chi connectivity index (χ2n) is 5.86. The molecule has 0 atom stereocenters. The summed E-state index contributed by atoms with van der Waals surface area (Å²) in [5.41, 5.74) is 2.26. The summed E-state index contributed by atoms with van der Waals surface area (Å²) < 4.78 is 5.39. The minimum absolute atomic E-state index is 0.229. The number of hydrogen-bond donors (Lipinski definition) is 1. The van der Waals surface area contributed by atoms with Crippen LogP contribution in [0, 0.1) is 11.3 Å². The lowest BCUT2D eigenvalue weighted by Gasteiger charge is -2.22. The van der Waals surface area contributed by atoms with E-state index < -0.39 is 0 Å². The van der Waals surface area contributed by atoms with Gasteiger partial charge in [0.25, 0.3) is 0 Å². The van der Waals surface area contributed by atoms with Crippen LogP contribution in [0.4, 0.5) is 10.5 Å². The van der Waals surface area contributed by atoms with Crippen LogP contribution in [0.1, 0.15) is 16.9 Å². The molecule has 0 saturated carbocycles. The zero-order valence-electron chi connectivity index (χ0n) is 14.3. The maximum atomic E-state index is 12.7. The van der Waals surface area contributed by atoms with E-state index in [2.05, 4.69) is 11.4 Å². The van der Waals surface area contributed by atoms with Gasteiger partial charge in [0.2, 0.25) is 0 Å². The fraction of sp³-hybridized carbons (Fsp3) is 0.143. The summed E-state index contributed by atoms with van der Waals surface area (Å²) in [6, 6.07) is 22.4. The third kappa shape index (κ3) is 4.74. The molecule has 0 aliphatic carbocycles. The average molecular weight is 345 g/mol. The number of amides is 2. The van der Waals surface area contributed by atoms with Crippen LogP contribution in [0.3, 0.4) is 0 Å². The lowest BCUT2D eigenvalue weighted by molar-refractivity contribution is 0.205. The number of nitrogens with zero attached hydrogens (tertiary/aromatic N) is 2. The Morgan fingerprint density at radius 1 is 1.08 bits per heavy atom. The number of carbonyl (C=O) groups excluding carboxylic acids is 1. The molecule has 3 aromatic rings. The van der Waals surface area contributed by atoms with E-state index in [1.54, 1.807) is 41.5 Å². The zero-order valence-corrected chi connectivity index (χ0v) is 14.3. The summed E-state index contributed by atoms with van der Waals surface area (Å²) >= 11 is 0. The molecular formula is C21H19N3O2. The molecule has 0 fully saturated rings. The molecular weight excluding hydrogens is 326 g/mol. The Balaban J connectivity index is 1.70. The Morgan fingerprint density at radius 2 is 1.92 bits per heavy atom. The van der Waals surface area contributed by atoms with Gasteiger partial charge in [-0.25, -0.2) is 4.79 Å². The van der Waals surface area contributed by atoms with Crippen molar-refractivity contribution in [3.63, 3.8) is 0 Å². The lowest BCUT2D eigenvalue weighted by Crippen LogP contribution is -2.36. The van der Waals surface area contributed by atoms with E-state index >= 15 is 0 Å². The molecule has 1 heterocycles. The molecule has 0 saturated heterocycles. The van der Waals surface area contributed by atoms with Crippen molar-refractivity contribution in [2.75, 3.05) is 11.9 Å². The molecule has 1 N–H and O–H groups in total. The number of benzene rings is 2. The van der Waals surface area contributed by atoms with Crippen molar-refractivity contribution < 1.29 is 9.21 Å². The second-order valence-corrected chi connectivity index (χ2v) is 5.86.